The molecule has 1 aliphatic heterocycles. The second kappa shape index (κ2) is 7.07. The highest BCUT2D eigenvalue weighted by Crippen LogP contribution is 2.33. The standard InChI is InChI=1S/C20H19FN4/c21-17-8-6-16(7-9-17)19-5-3-11-25(19)14-15-12-23-20(24-13-15)18-4-1-2-10-22-18/h1-2,4,6-10,12-13,19H,3,5,11,14H2/t19-/m1/s1. The van der Waals surface area contributed by atoms with E-state index in [0.29, 0.717) is 11.9 Å². The van der Waals surface area contributed by atoms with Gasteiger partial charge in [-0.2, -0.15) is 0 Å². The number of likely N-dealkylation sites (tertiary alicyclic amines) is 1. The molecular formula is C20H19FN4. The maximum Gasteiger partial charge on any atom is 0.178 e. The van der Waals surface area contributed by atoms with Crippen molar-refractivity contribution < 1.29 is 4.39 Å². The summed E-state index contributed by atoms with van der Waals surface area (Å²) < 4.78 is 13.2. The van der Waals surface area contributed by atoms with E-state index in [9.17, 15) is 4.39 Å². The number of hydrogen-bond acceptors (Lipinski definition) is 4. The smallest absolute Gasteiger partial charge is 0.178 e. The van der Waals surface area contributed by atoms with Crippen molar-refractivity contribution in [3.8, 4) is 11.5 Å². The van der Waals surface area contributed by atoms with E-state index >= 15 is 0 Å². The summed E-state index contributed by atoms with van der Waals surface area (Å²) in [6.07, 6.45) is 7.73. The molecule has 126 valence electrons. The third-order valence-electron chi connectivity index (χ3n) is 4.60. The molecule has 0 bridgehead atoms. The Morgan fingerprint density at radius 1 is 1.00 bits per heavy atom. The van der Waals surface area contributed by atoms with Gasteiger partial charge in [0.15, 0.2) is 5.82 Å². The highest BCUT2D eigenvalue weighted by atomic mass is 19.1. The average Bonchev–Trinajstić information content (AvgIpc) is 3.12. The summed E-state index contributed by atoms with van der Waals surface area (Å²) in [6.45, 7) is 1.83. The molecule has 1 fully saturated rings. The number of benzene rings is 1. The van der Waals surface area contributed by atoms with Gasteiger partial charge in [0.25, 0.3) is 0 Å². The van der Waals surface area contributed by atoms with E-state index in [1.54, 1.807) is 6.20 Å². The lowest BCUT2D eigenvalue weighted by atomic mass is 10.0. The van der Waals surface area contributed by atoms with E-state index in [1.165, 1.54) is 17.7 Å². The second-order valence-corrected chi connectivity index (χ2v) is 6.31. The van der Waals surface area contributed by atoms with E-state index in [2.05, 4.69) is 19.9 Å². The first-order valence-electron chi connectivity index (χ1n) is 8.51. The summed E-state index contributed by atoms with van der Waals surface area (Å²) in [6, 6.07) is 12.9. The van der Waals surface area contributed by atoms with Crippen LogP contribution in [0.4, 0.5) is 4.39 Å². The Bertz CT molecular complexity index is 819. The molecular weight excluding hydrogens is 315 g/mol. The summed E-state index contributed by atoms with van der Waals surface area (Å²) in [7, 11) is 0. The Morgan fingerprint density at radius 2 is 1.80 bits per heavy atom. The number of aromatic nitrogens is 3. The SMILES string of the molecule is Fc1ccc([C@H]2CCCN2Cc2cnc(-c3ccccn3)nc2)cc1. The molecule has 3 heterocycles. The molecule has 1 saturated heterocycles. The van der Waals surface area contributed by atoms with Crippen LogP contribution < -0.4 is 0 Å². The van der Waals surface area contributed by atoms with Crippen molar-refractivity contribution in [1.82, 2.24) is 19.9 Å². The van der Waals surface area contributed by atoms with E-state index in [0.717, 1.165) is 37.2 Å². The zero-order valence-electron chi connectivity index (χ0n) is 13.8. The van der Waals surface area contributed by atoms with Crippen molar-refractivity contribution in [2.75, 3.05) is 6.54 Å². The summed E-state index contributed by atoms with van der Waals surface area (Å²) in [4.78, 5) is 15.6. The summed E-state index contributed by atoms with van der Waals surface area (Å²) in [5, 5.41) is 0. The van der Waals surface area contributed by atoms with Crippen LogP contribution in [-0.4, -0.2) is 26.4 Å². The lowest BCUT2D eigenvalue weighted by molar-refractivity contribution is 0.248. The van der Waals surface area contributed by atoms with Crippen LogP contribution in [0.15, 0.2) is 61.1 Å². The fourth-order valence-electron chi connectivity index (χ4n) is 3.38. The van der Waals surface area contributed by atoms with Crippen LogP contribution in [0.5, 0.6) is 0 Å². The number of rotatable bonds is 4. The lowest BCUT2D eigenvalue weighted by Crippen LogP contribution is -2.23. The molecule has 1 aromatic carbocycles. The maximum absolute atomic E-state index is 13.2. The quantitative estimate of drug-likeness (QED) is 0.723. The molecule has 0 saturated carbocycles. The minimum absolute atomic E-state index is 0.188. The van der Waals surface area contributed by atoms with Crippen LogP contribution in [0, 0.1) is 5.82 Å². The summed E-state index contributed by atoms with van der Waals surface area (Å²) in [5.74, 6) is 0.452. The summed E-state index contributed by atoms with van der Waals surface area (Å²) >= 11 is 0. The molecule has 0 radical (unpaired) electrons. The van der Waals surface area contributed by atoms with Crippen molar-refractivity contribution in [3.05, 3.63) is 78.0 Å². The second-order valence-electron chi connectivity index (χ2n) is 6.31. The first-order chi connectivity index (χ1) is 12.3. The molecule has 0 aliphatic carbocycles. The normalized spacial score (nSPS) is 17.7. The van der Waals surface area contributed by atoms with Gasteiger partial charge in [-0.3, -0.25) is 9.88 Å². The predicted octanol–water partition coefficient (Wildman–Crippen LogP) is 4.01. The van der Waals surface area contributed by atoms with Crippen molar-refractivity contribution >= 4 is 0 Å². The molecule has 4 rings (SSSR count). The lowest BCUT2D eigenvalue weighted by Gasteiger charge is -2.24. The molecule has 3 aromatic rings. The molecule has 5 heteroatoms. The van der Waals surface area contributed by atoms with Crippen LogP contribution >= 0.6 is 0 Å². The predicted molar refractivity (Wildman–Crippen MR) is 94.0 cm³/mol. The zero-order chi connectivity index (χ0) is 17.1. The fraction of sp³-hybridized carbons (Fsp3) is 0.250. The van der Waals surface area contributed by atoms with Crippen molar-refractivity contribution in [3.63, 3.8) is 0 Å². The fourth-order valence-corrected chi connectivity index (χ4v) is 3.38. The average molecular weight is 334 g/mol. The zero-order valence-corrected chi connectivity index (χ0v) is 13.8. The molecule has 1 atom stereocenters. The topological polar surface area (TPSA) is 41.9 Å². The van der Waals surface area contributed by atoms with Crippen molar-refractivity contribution in [2.24, 2.45) is 0 Å². The van der Waals surface area contributed by atoms with Crippen molar-refractivity contribution in [1.29, 1.82) is 0 Å². The highest BCUT2D eigenvalue weighted by Gasteiger charge is 2.26. The molecule has 1 aliphatic rings. The number of pyridine rings is 1. The molecule has 25 heavy (non-hydrogen) atoms. The first-order valence-corrected chi connectivity index (χ1v) is 8.51. The van der Waals surface area contributed by atoms with Gasteiger partial charge in [0, 0.05) is 36.7 Å². The number of halogens is 1. The monoisotopic (exact) mass is 334 g/mol. The van der Waals surface area contributed by atoms with E-state index in [-0.39, 0.29) is 5.82 Å². The molecule has 0 unspecified atom stereocenters. The van der Waals surface area contributed by atoms with Crippen LogP contribution in [0.25, 0.3) is 11.5 Å². The third kappa shape index (κ3) is 3.56. The van der Waals surface area contributed by atoms with Gasteiger partial charge in [-0.25, -0.2) is 14.4 Å². The minimum atomic E-state index is -0.188. The number of hydrogen-bond donors (Lipinski definition) is 0. The Kier molecular flexibility index (Phi) is 4.48. The Labute approximate surface area is 146 Å². The van der Waals surface area contributed by atoms with E-state index in [4.69, 9.17) is 0 Å². The Balaban J connectivity index is 1.48. The van der Waals surface area contributed by atoms with Gasteiger partial charge < -0.3 is 0 Å². The third-order valence-corrected chi connectivity index (χ3v) is 4.60. The summed E-state index contributed by atoms with van der Waals surface area (Å²) in [5.41, 5.74) is 3.03. The first kappa shape index (κ1) is 15.8. The minimum Gasteiger partial charge on any atom is -0.292 e. The maximum atomic E-state index is 13.2. The van der Waals surface area contributed by atoms with Crippen LogP contribution in [0.1, 0.15) is 30.0 Å². The Morgan fingerprint density at radius 3 is 2.52 bits per heavy atom. The van der Waals surface area contributed by atoms with E-state index in [1.807, 2.05) is 42.7 Å². The molecule has 0 spiro atoms. The van der Waals surface area contributed by atoms with Gasteiger partial charge in [0.05, 0.1) is 0 Å². The number of nitrogens with zero attached hydrogens (tertiary/aromatic N) is 4. The van der Waals surface area contributed by atoms with Gasteiger partial charge in [-0.1, -0.05) is 18.2 Å². The molecule has 4 nitrogen and oxygen atoms in total. The molecule has 2 aromatic heterocycles. The van der Waals surface area contributed by atoms with Gasteiger partial charge in [-0.15, -0.1) is 0 Å². The van der Waals surface area contributed by atoms with Crippen LogP contribution in [0.3, 0.4) is 0 Å². The van der Waals surface area contributed by atoms with Crippen LogP contribution in [-0.2, 0) is 6.54 Å². The molecule has 0 N–H and O–H groups in total. The highest BCUT2D eigenvalue weighted by molar-refractivity contribution is 5.47. The van der Waals surface area contributed by atoms with E-state index < -0.39 is 0 Å². The van der Waals surface area contributed by atoms with Gasteiger partial charge >= 0.3 is 0 Å². The van der Waals surface area contributed by atoms with Gasteiger partial charge in [0.1, 0.15) is 11.5 Å². The molecule has 0 amide bonds. The van der Waals surface area contributed by atoms with Crippen molar-refractivity contribution in [2.45, 2.75) is 25.4 Å². The largest absolute Gasteiger partial charge is 0.292 e. The van der Waals surface area contributed by atoms with Crippen LogP contribution in [0.2, 0.25) is 0 Å². The van der Waals surface area contributed by atoms with Gasteiger partial charge in [0.2, 0.25) is 0 Å². The van der Waals surface area contributed by atoms with Gasteiger partial charge in [-0.05, 0) is 49.2 Å². The Hall–Kier alpha value is -2.66.